The van der Waals surface area contributed by atoms with Gasteiger partial charge in [0.15, 0.2) is 5.82 Å². The Bertz CT molecular complexity index is 1110. The third kappa shape index (κ3) is 5.00. The zero-order chi connectivity index (χ0) is 23.5. The molecule has 0 unspecified atom stereocenters. The molecule has 0 radical (unpaired) electrons. The number of cyclic esters (lactones) is 1. The molecule has 1 aliphatic rings. The Morgan fingerprint density at radius 2 is 1.73 bits per heavy atom. The second kappa shape index (κ2) is 9.61. The van der Waals surface area contributed by atoms with Gasteiger partial charge in [0.2, 0.25) is 0 Å². The van der Waals surface area contributed by atoms with E-state index in [1.165, 1.54) is 16.7 Å². The number of benzene rings is 2. The lowest BCUT2D eigenvalue weighted by Crippen LogP contribution is -2.37. The summed E-state index contributed by atoms with van der Waals surface area (Å²) in [6.07, 6.45) is 2.92. The molecule has 3 aromatic rings. The maximum absolute atomic E-state index is 12.3. The molecule has 0 spiro atoms. The van der Waals surface area contributed by atoms with E-state index < -0.39 is 0 Å². The molecule has 1 aliphatic heterocycles. The minimum Gasteiger partial charge on any atom is -0.447 e. The molecule has 2 atom stereocenters. The van der Waals surface area contributed by atoms with Gasteiger partial charge in [-0.3, -0.25) is 9.88 Å². The second-order valence-electron chi connectivity index (χ2n) is 9.29. The standard InChI is InChI=1S/C27H32N4O2/c1-17(2)22-7-6-8-23(13-22)21-11-9-20(10-12-21)19(5)29-25-14-28-15-26(30-25)31-24(18(3)4)16-33-27(31)32/h6-15,17-19,24H,16H2,1-5H3,(H,29,30)/t19-,24+/m0/s1. The van der Waals surface area contributed by atoms with Gasteiger partial charge in [-0.25, -0.2) is 9.78 Å². The maximum Gasteiger partial charge on any atom is 0.415 e. The van der Waals surface area contributed by atoms with Crippen LogP contribution in [-0.2, 0) is 4.74 Å². The van der Waals surface area contributed by atoms with Gasteiger partial charge < -0.3 is 10.1 Å². The average Bonchev–Trinajstić information content (AvgIpc) is 3.21. The smallest absolute Gasteiger partial charge is 0.415 e. The molecule has 1 amide bonds. The molecular weight excluding hydrogens is 412 g/mol. The summed E-state index contributed by atoms with van der Waals surface area (Å²) < 4.78 is 5.25. The van der Waals surface area contributed by atoms with Crippen LogP contribution < -0.4 is 10.2 Å². The number of rotatable bonds is 7. The van der Waals surface area contributed by atoms with Gasteiger partial charge in [-0.15, -0.1) is 0 Å². The van der Waals surface area contributed by atoms with Crippen molar-refractivity contribution in [1.82, 2.24) is 9.97 Å². The quantitative estimate of drug-likeness (QED) is 0.455. The van der Waals surface area contributed by atoms with Crippen molar-refractivity contribution in [2.75, 3.05) is 16.8 Å². The van der Waals surface area contributed by atoms with Crippen molar-refractivity contribution in [3.63, 3.8) is 0 Å². The lowest BCUT2D eigenvalue weighted by atomic mass is 9.96. The summed E-state index contributed by atoms with van der Waals surface area (Å²) in [5.74, 6) is 1.89. The fourth-order valence-corrected chi connectivity index (χ4v) is 4.08. The first-order chi connectivity index (χ1) is 15.8. The molecule has 0 aliphatic carbocycles. The Hall–Kier alpha value is -3.41. The maximum atomic E-state index is 12.3. The van der Waals surface area contributed by atoms with Crippen LogP contribution >= 0.6 is 0 Å². The molecule has 0 saturated carbocycles. The minimum absolute atomic E-state index is 0.0250. The Labute approximate surface area is 196 Å². The van der Waals surface area contributed by atoms with Crippen LogP contribution in [0.3, 0.4) is 0 Å². The Kier molecular flexibility index (Phi) is 6.63. The third-order valence-corrected chi connectivity index (χ3v) is 6.21. The molecule has 172 valence electrons. The van der Waals surface area contributed by atoms with Gasteiger partial charge in [-0.05, 0) is 41.0 Å². The zero-order valence-electron chi connectivity index (χ0n) is 19.9. The monoisotopic (exact) mass is 444 g/mol. The van der Waals surface area contributed by atoms with Gasteiger partial charge in [0.1, 0.15) is 12.4 Å². The van der Waals surface area contributed by atoms with E-state index in [9.17, 15) is 4.79 Å². The number of nitrogens with zero attached hydrogens (tertiary/aromatic N) is 3. The molecule has 2 aromatic carbocycles. The van der Waals surface area contributed by atoms with Crippen LogP contribution in [0, 0.1) is 5.92 Å². The summed E-state index contributed by atoms with van der Waals surface area (Å²) >= 11 is 0. The molecule has 33 heavy (non-hydrogen) atoms. The summed E-state index contributed by atoms with van der Waals surface area (Å²) in [4.78, 5) is 22.8. The highest BCUT2D eigenvalue weighted by Gasteiger charge is 2.37. The van der Waals surface area contributed by atoms with E-state index in [-0.39, 0.29) is 24.1 Å². The average molecular weight is 445 g/mol. The van der Waals surface area contributed by atoms with E-state index in [4.69, 9.17) is 4.74 Å². The molecule has 4 rings (SSSR count). The highest BCUT2D eigenvalue weighted by Crippen LogP contribution is 2.28. The fourth-order valence-electron chi connectivity index (χ4n) is 4.08. The van der Waals surface area contributed by atoms with Gasteiger partial charge >= 0.3 is 6.09 Å². The predicted molar refractivity (Wildman–Crippen MR) is 132 cm³/mol. The van der Waals surface area contributed by atoms with Crippen molar-refractivity contribution in [1.29, 1.82) is 0 Å². The van der Waals surface area contributed by atoms with E-state index in [1.807, 2.05) is 0 Å². The molecule has 1 fully saturated rings. The Balaban J connectivity index is 1.49. The first-order valence-corrected chi connectivity index (χ1v) is 11.6. The number of aromatic nitrogens is 2. The number of amides is 1. The van der Waals surface area contributed by atoms with Crippen molar-refractivity contribution < 1.29 is 9.53 Å². The Morgan fingerprint density at radius 1 is 0.970 bits per heavy atom. The SMILES string of the molecule is CC(C)c1cccc(-c2ccc([C@H](C)Nc3cncc(N4C(=O)OC[C@@H]4C(C)C)n3)cc2)c1. The molecule has 0 bridgehead atoms. The topological polar surface area (TPSA) is 67.4 Å². The number of carbonyl (C=O) groups excluding carboxylic acids is 1. The van der Waals surface area contributed by atoms with Gasteiger partial charge in [0.25, 0.3) is 0 Å². The summed E-state index contributed by atoms with van der Waals surface area (Å²) in [6.45, 7) is 11.0. The number of hydrogen-bond donors (Lipinski definition) is 1. The van der Waals surface area contributed by atoms with Crippen LogP contribution in [0.5, 0.6) is 0 Å². The lowest BCUT2D eigenvalue weighted by Gasteiger charge is -2.23. The van der Waals surface area contributed by atoms with Crippen LogP contribution in [0.1, 0.15) is 57.7 Å². The summed E-state index contributed by atoms with van der Waals surface area (Å²) in [5, 5.41) is 3.41. The molecule has 1 N–H and O–H groups in total. The van der Waals surface area contributed by atoms with Crippen molar-refractivity contribution in [2.45, 2.75) is 52.6 Å². The number of carbonyl (C=O) groups is 1. The number of hydrogen-bond acceptors (Lipinski definition) is 5. The van der Waals surface area contributed by atoms with Gasteiger partial charge in [0, 0.05) is 6.04 Å². The van der Waals surface area contributed by atoms with Gasteiger partial charge in [-0.2, -0.15) is 0 Å². The predicted octanol–water partition coefficient (Wildman–Crippen LogP) is 6.42. The summed E-state index contributed by atoms with van der Waals surface area (Å²) in [5.41, 5.74) is 4.91. The first kappa shape index (κ1) is 22.8. The molecular formula is C27H32N4O2. The summed E-state index contributed by atoms with van der Waals surface area (Å²) in [6, 6.07) is 17.3. The fraction of sp³-hybridized carbons (Fsp3) is 0.370. The number of nitrogens with one attached hydrogen (secondary N) is 1. The van der Waals surface area contributed by atoms with Crippen molar-refractivity contribution in [2.24, 2.45) is 5.92 Å². The second-order valence-corrected chi connectivity index (χ2v) is 9.29. The first-order valence-electron chi connectivity index (χ1n) is 11.6. The van der Waals surface area contributed by atoms with Gasteiger partial charge in [-0.1, -0.05) is 76.2 Å². The lowest BCUT2D eigenvalue weighted by molar-refractivity contribution is 0.177. The molecule has 1 saturated heterocycles. The van der Waals surface area contributed by atoms with Crippen LogP contribution in [0.15, 0.2) is 60.9 Å². The van der Waals surface area contributed by atoms with E-state index in [0.717, 1.165) is 5.56 Å². The highest BCUT2D eigenvalue weighted by atomic mass is 16.6. The van der Waals surface area contributed by atoms with Crippen molar-refractivity contribution >= 4 is 17.7 Å². The molecule has 2 heterocycles. The number of anilines is 2. The van der Waals surface area contributed by atoms with E-state index in [0.29, 0.717) is 24.2 Å². The highest BCUT2D eigenvalue weighted by molar-refractivity contribution is 5.89. The van der Waals surface area contributed by atoms with Crippen LogP contribution in [0.2, 0.25) is 0 Å². The minimum atomic E-state index is -0.370. The van der Waals surface area contributed by atoms with E-state index in [1.54, 1.807) is 17.3 Å². The van der Waals surface area contributed by atoms with Crippen LogP contribution in [0.4, 0.5) is 16.4 Å². The van der Waals surface area contributed by atoms with Crippen LogP contribution in [0.25, 0.3) is 11.1 Å². The van der Waals surface area contributed by atoms with Crippen molar-refractivity contribution in [3.8, 4) is 11.1 Å². The molecule has 6 heteroatoms. The normalized spacial score (nSPS) is 16.9. The Morgan fingerprint density at radius 3 is 2.42 bits per heavy atom. The third-order valence-electron chi connectivity index (χ3n) is 6.21. The number of ether oxygens (including phenoxy) is 1. The largest absolute Gasteiger partial charge is 0.447 e. The van der Waals surface area contributed by atoms with Crippen LogP contribution in [-0.4, -0.2) is 28.7 Å². The molecule has 6 nitrogen and oxygen atoms in total. The van der Waals surface area contributed by atoms with Crippen molar-refractivity contribution in [3.05, 3.63) is 72.1 Å². The molecule has 1 aromatic heterocycles. The van der Waals surface area contributed by atoms with Gasteiger partial charge in [0.05, 0.1) is 18.4 Å². The van der Waals surface area contributed by atoms with E-state index >= 15 is 0 Å². The summed E-state index contributed by atoms with van der Waals surface area (Å²) in [7, 11) is 0. The van der Waals surface area contributed by atoms with E-state index in [2.05, 4.69) is 98.4 Å². The zero-order valence-corrected chi connectivity index (χ0v) is 19.9.